The summed E-state index contributed by atoms with van der Waals surface area (Å²) in [6.07, 6.45) is 4.46. The molecule has 0 unspecified atom stereocenters. The fourth-order valence-corrected chi connectivity index (χ4v) is 3.39. The molecule has 0 bridgehead atoms. The average Bonchev–Trinajstić information content (AvgIpc) is 2.96. The first kappa shape index (κ1) is 19.4. The highest BCUT2D eigenvalue weighted by Crippen LogP contribution is 2.31. The number of aryl methyl sites for hydroxylation is 1. The molecule has 0 amide bonds. The second-order valence-corrected chi connectivity index (χ2v) is 6.60. The van der Waals surface area contributed by atoms with Crippen molar-refractivity contribution in [1.29, 1.82) is 0 Å². The van der Waals surface area contributed by atoms with Crippen LogP contribution in [0.5, 0.6) is 0 Å². The number of aromatic nitrogens is 2. The first-order chi connectivity index (χ1) is 13.4. The number of carboxylic acid groups (broad SMARTS) is 1. The van der Waals surface area contributed by atoms with Crippen LogP contribution in [0.25, 0.3) is 16.5 Å². The molecule has 0 spiro atoms. The molecule has 0 atom stereocenters. The van der Waals surface area contributed by atoms with E-state index in [1.54, 1.807) is 12.3 Å². The van der Waals surface area contributed by atoms with Gasteiger partial charge >= 0.3 is 11.9 Å². The number of hydrogen-bond acceptors (Lipinski definition) is 4. The third kappa shape index (κ3) is 3.81. The maximum absolute atomic E-state index is 11.6. The van der Waals surface area contributed by atoms with E-state index in [1.807, 2.05) is 37.4 Å². The summed E-state index contributed by atoms with van der Waals surface area (Å²) in [6, 6.07) is 9.39. The summed E-state index contributed by atoms with van der Waals surface area (Å²) < 4.78 is 6.84. The fraction of sp³-hybridized carbons (Fsp3) is 0.227. The highest BCUT2D eigenvalue weighted by atomic mass is 16.5. The van der Waals surface area contributed by atoms with Crippen molar-refractivity contribution in [3.8, 4) is 0 Å². The summed E-state index contributed by atoms with van der Waals surface area (Å²) >= 11 is 0. The largest absolute Gasteiger partial charge is 0.478 e. The molecular formula is C22H22N2O4. The van der Waals surface area contributed by atoms with E-state index in [9.17, 15) is 14.7 Å². The molecule has 3 rings (SSSR count). The monoisotopic (exact) mass is 378 g/mol. The number of carbonyl (C=O) groups excluding carboxylic acids is 1. The molecule has 3 aromatic rings. The highest BCUT2D eigenvalue weighted by Gasteiger charge is 2.17. The van der Waals surface area contributed by atoms with Crippen LogP contribution < -0.4 is 0 Å². The van der Waals surface area contributed by atoms with Gasteiger partial charge in [0.2, 0.25) is 0 Å². The lowest BCUT2D eigenvalue weighted by atomic mass is 10.00. The summed E-state index contributed by atoms with van der Waals surface area (Å²) in [7, 11) is 1.38. The van der Waals surface area contributed by atoms with E-state index in [0.29, 0.717) is 18.5 Å². The fourth-order valence-electron chi connectivity index (χ4n) is 3.39. The molecule has 6 nitrogen and oxygen atoms in total. The smallest absolute Gasteiger partial charge is 0.335 e. The number of benzene rings is 1. The molecular weight excluding hydrogens is 356 g/mol. The minimum Gasteiger partial charge on any atom is -0.478 e. The van der Waals surface area contributed by atoms with Crippen LogP contribution in [0.1, 0.15) is 28.8 Å². The lowest BCUT2D eigenvalue weighted by Crippen LogP contribution is -2.08. The number of esters is 1. The molecule has 28 heavy (non-hydrogen) atoms. The predicted molar refractivity (Wildman–Crippen MR) is 107 cm³/mol. The minimum absolute atomic E-state index is 0.0502. The number of ether oxygens (including phenoxy) is 1. The van der Waals surface area contributed by atoms with Crippen LogP contribution in [0.2, 0.25) is 0 Å². The Morgan fingerprint density at radius 2 is 2.07 bits per heavy atom. The molecule has 0 aliphatic rings. The van der Waals surface area contributed by atoms with Gasteiger partial charge in [-0.25, -0.2) is 4.79 Å². The maximum atomic E-state index is 11.6. The third-order valence-corrected chi connectivity index (χ3v) is 4.93. The molecule has 2 heterocycles. The number of aliphatic carboxylic acids is 1. The summed E-state index contributed by atoms with van der Waals surface area (Å²) in [4.78, 5) is 27.1. The van der Waals surface area contributed by atoms with Gasteiger partial charge in [-0.2, -0.15) is 0 Å². The predicted octanol–water partition coefficient (Wildman–Crippen LogP) is 3.60. The van der Waals surface area contributed by atoms with E-state index >= 15 is 0 Å². The van der Waals surface area contributed by atoms with Gasteiger partial charge in [0.1, 0.15) is 0 Å². The van der Waals surface area contributed by atoms with Crippen LogP contribution in [0.15, 0.2) is 49.3 Å². The molecule has 0 fully saturated rings. The van der Waals surface area contributed by atoms with Gasteiger partial charge in [0.05, 0.1) is 19.1 Å². The minimum atomic E-state index is -1.05. The molecule has 0 aliphatic carbocycles. The topological polar surface area (TPSA) is 81.4 Å². The van der Waals surface area contributed by atoms with E-state index in [-0.39, 0.29) is 18.0 Å². The van der Waals surface area contributed by atoms with Crippen LogP contribution in [0.3, 0.4) is 0 Å². The Balaban J connectivity index is 2.12. The van der Waals surface area contributed by atoms with Gasteiger partial charge in [0.25, 0.3) is 0 Å². The molecule has 0 radical (unpaired) electrons. The first-order valence-electron chi connectivity index (χ1n) is 8.92. The summed E-state index contributed by atoms with van der Waals surface area (Å²) in [5.41, 5.74) is 4.72. The Morgan fingerprint density at radius 3 is 2.71 bits per heavy atom. The Labute approximate surface area is 163 Å². The first-order valence-corrected chi connectivity index (χ1v) is 8.92. The van der Waals surface area contributed by atoms with Gasteiger partial charge in [-0.15, -0.1) is 0 Å². The van der Waals surface area contributed by atoms with E-state index in [4.69, 9.17) is 4.74 Å². The van der Waals surface area contributed by atoms with Gasteiger partial charge in [-0.05, 0) is 41.8 Å². The van der Waals surface area contributed by atoms with E-state index < -0.39 is 5.97 Å². The number of methoxy groups -OCH3 is 1. The number of carbonyl (C=O) groups is 2. The Bertz CT molecular complexity index is 1050. The molecule has 0 aliphatic heterocycles. The quantitative estimate of drug-likeness (QED) is 0.502. The number of fused-ring (bicyclic) bond motifs is 1. The van der Waals surface area contributed by atoms with Gasteiger partial charge < -0.3 is 14.4 Å². The number of rotatable bonds is 7. The van der Waals surface area contributed by atoms with Crippen molar-refractivity contribution in [3.05, 3.63) is 71.7 Å². The molecule has 0 saturated heterocycles. The highest BCUT2D eigenvalue weighted by molar-refractivity contribution is 6.15. The van der Waals surface area contributed by atoms with E-state index in [2.05, 4.69) is 16.1 Å². The lowest BCUT2D eigenvalue weighted by molar-refractivity contribution is -0.140. The zero-order valence-corrected chi connectivity index (χ0v) is 15.9. The van der Waals surface area contributed by atoms with Crippen LogP contribution in [0.4, 0.5) is 0 Å². The van der Waals surface area contributed by atoms with Crippen LogP contribution in [0, 0.1) is 6.92 Å². The zero-order valence-electron chi connectivity index (χ0n) is 15.9. The van der Waals surface area contributed by atoms with Crippen molar-refractivity contribution in [2.45, 2.75) is 26.3 Å². The zero-order chi connectivity index (χ0) is 20.3. The Kier molecular flexibility index (Phi) is 5.59. The van der Waals surface area contributed by atoms with Crippen molar-refractivity contribution in [1.82, 2.24) is 9.55 Å². The number of pyridine rings is 1. The van der Waals surface area contributed by atoms with Gasteiger partial charge in [0.15, 0.2) is 0 Å². The van der Waals surface area contributed by atoms with Crippen molar-refractivity contribution in [2.24, 2.45) is 0 Å². The summed E-state index contributed by atoms with van der Waals surface area (Å²) in [5, 5.41) is 10.2. The van der Waals surface area contributed by atoms with Crippen LogP contribution in [-0.2, 0) is 27.3 Å². The third-order valence-electron chi connectivity index (χ3n) is 4.93. The van der Waals surface area contributed by atoms with E-state index in [1.165, 1.54) is 7.11 Å². The normalized spacial score (nSPS) is 10.8. The molecule has 2 aromatic heterocycles. The number of carboxylic acids is 1. The molecule has 6 heteroatoms. The van der Waals surface area contributed by atoms with Crippen LogP contribution in [-0.4, -0.2) is 33.7 Å². The van der Waals surface area contributed by atoms with Gasteiger partial charge in [0, 0.05) is 42.0 Å². The Morgan fingerprint density at radius 1 is 1.29 bits per heavy atom. The van der Waals surface area contributed by atoms with Gasteiger partial charge in [-0.1, -0.05) is 18.7 Å². The van der Waals surface area contributed by atoms with E-state index in [0.717, 1.165) is 27.7 Å². The standard InChI is InChI=1S/C22H22N2O4/c1-14(22(26)27)17-6-7-20-19(12-17)18(11-16-5-4-9-23-13-16)15(2)24(20)10-8-21(25)28-3/h4-7,9,12-13H,1,8,10-11H2,2-3H3,(H,26,27). The maximum Gasteiger partial charge on any atom is 0.335 e. The SMILES string of the molecule is C=C(C(=O)O)c1ccc2c(c1)c(Cc1cccnc1)c(C)n2CCC(=O)OC. The summed E-state index contributed by atoms with van der Waals surface area (Å²) in [6.45, 7) is 6.16. The van der Waals surface area contributed by atoms with Crippen LogP contribution >= 0.6 is 0 Å². The Hall–Kier alpha value is -3.41. The van der Waals surface area contributed by atoms with Crippen molar-refractivity contribution in [3.63, 3.8) is 0 Å². The molecule has 0 saturated carbocycles. The summed E-state index contributed by atoms with van der Waals surface area (Å²) in [5.74, 6) is -1.32. The number of hydrogen-bond donors (Lipinski definition) is 1. The van der Waals surface area contributed by atoms with Crippen molar-refractivity contribution in [2.75, 3.05) is 7.11 Å². The lowest BCUT2D eigenvalue weighted by Gasteiger charge is -2.08. The number of nitrogens with zero attached hydrogens (tertiary/aromatic N) is 2. The second-order valence-electron chi connectivity index (χ2n) is 6.60. The molecule has 1 aromatic carbocycles. The van der Waals surface area contributed by atoms with Crippen molar-refractivity contribution < 1.29 is 19.4 Å². The second kappa shape index (κ2) is 8.08. The average molecular weight is 378 g/mol. The van der Waals surface area contributed by atoms with Gasteiger partial charge in [-0.3, -0.25) is 9.78 Å². The van der Waals surface area contributed by atoms with Crippen molar-refractivity contribution >= 4 is 28.4 Å². The molecule has 1 N–H and O–H groups in total. The molecule has 144 valence electrons.